The molecule has 0 bridgehead atoms. The van der Waals surface area contributed by atoms with Gasteiger partial charge in [0, 0.05) is 11.8 Å². The summed E-state index contributed by atoms with van der Waals surface area (Å²) < 4.78 is 6.15. The van der Waals surface area contributed by atoms with Crippen LogP contribution in [0.2, 0.25) is 0 Å². The molecule has 0 atom stereocenters. The third-order valence-electron chi connectivity index (χ3n) is 3.44. The second-order valence-electron chi connectivity index (χ2n) is 5.01. The standard InChI is InChI=1S/C15H20BrNO2S/c1-19-14-7-6-11(8-13(14)16)9-20-10-15(18)17-12-4-2-3-5-12/h6-8,12H,2-5,9-10H2,1H3,(H,17,18). The van der Waals surface area contributed by atoms with Crippen molar-refractivity contribution in [2.45, 2.75) is 37.5 Å². The second-order valence-corrected chi connectivity index (χ2v) is 6.85. The molecule has 110 valence electrons. The molecular formula is C15H20BrNO2S. The summed E-state index contributed by atoms with van der Waals surface area (Å²) in [5, 5.41) is 3.11. The van der Waals surface area contributed by atoms with Crippen molar-refractivity contribution in [2.75, 3.05) is 12.9 Å². The number of carbonyl (C=O) groups excluding carboxylic acids is 1. The highest BCUT2D eigenvalue weighted by Gasteiger charge is 2.16. The number of rotatable bonds is 6. The van der Waals surface area contributed by atoms with Crippen LogP contribution < -0.4 is 10.1 Å². The molecule has 0 unspecified atom stereocenters. The SMILES string of the molecule is COc1ccc(CSCC(=O)NC2CCCC2)cc1Br. The molecule has 0 saturated heterocycles. The molecule has 0 heterocycles. The van der Waals surface area contributed by atoms with E-state index in [1.54, 1.807) is 18.9 Å². The number of amides is 1. The van der Waals surface area contributed by atoms with Crippen molar-refractivity contribution < 1.29 is 9.53 Å². The highest BCUT2D eigenvalue weighted by molar-refractivity contribution is 9.10. The number of halogens is 1. The molecule has 0 radical (unpaired) electrons. The average Bonchev–Trinajstić information content (AvgIpc) is 2.92. The van der Waals surface area contributed by atoms with Crippen LogP contribution in [0, 0.1) is 0 Å². The van der Waals surface area contributed by atoms with Gasteiger partial charge < -0.3 is 10.1 Å². The smallest absolute Gasteiger partial charge is 0.230 e. The quantitative estimate of drug-likeness (QED) is 0.842. The van der Waals surface area contributed by atoms with Crippen LogP contribution in [0.1, 0.15) is 31.2 Å². The maximum atomic E-state index is 11.8. The Bertz CT molecular complexity index is 461. The van der Waals surface area contributed by atoms with Crippen molar-refractivity contribution in [3.63, 3.8) is 0 Å². The number of thioether (sulfide) groups is 1. The normalized spacial score (nSPS) is 15.3. The number of ether oxygens (including phenoxy) is 1. The zero-order chi connectivity index (χ0) is 14.4. The molecule has 0 spiro atoms. The second kappa shape index (κ2) is 7.93. The summed E-state index contributed by atoms with van der Waals surface area (Å²) in [5.41, 5.74) is 1.19. The van der Waals surface area contributed by atoms with Crippen LogP contribution in [-0.4, -0.2) is 24.8 Å². The minimum atomic E-state index is 0.162. The van der Waals surface area contributed by atoms with Gasteiger partial charge in [-0.15, -0.1) is 11.8 Å². The highest BCUT2D eigenvalue weighted by Crippen LogP contribution is 2.27. The summed E-state index contributed by atoms with van der Waals surface area (Å²) in [7, 11) is 1.65. The maximum Gasteiger partial charge on any atom is 0.230 e. The first kappa shape index (κ1) is 15.7. The lowest BCUT2D eigenvalue weighted by Crippen LogP contribution is -2.33. The van der Waals surface area contributed by atoms with Crippen LogP contribution in [-0.2, 0) is 10.5 Å². The van der Waals surface area contributed by atoms with Gasteiger partial charge in [0.1, 0.15) is 5.75 Å². The largest absolute Gasteiger partial charge is 0.496 e. The number of benzene rings is 1. The van der Waals surface area contributed by atoms with Crippen LogP contribution in [0.15, 0.2) is 22.7 Å². The molecule has 1 saturated carbocycles. The van der Waals surface area contributed by atoms with E-state index in [1.807, 2.05) is 18.2 Å². The molecule has 1 amide bonds. The van der Waals surface area contributed by atoms with E-state index in [9.17, 15) is 4.79 Å². The minimum Gasteiger partial charge on any atom is -0.496 e. The summed E-state index contributed by atoms with van der Waals surface area (Å²) >= 11 is 5.12. The van der Waals surface area contributed by atoms with Crippen LogP contribution in [0.25, 0.3) is 0 Å². The maximum absolute atomic E-state index is 11.8. The first-order chi connectivity index (χ1) is 9.69. The first-order valence-electron chi connectivity index (χ1n) is 6.88. The Labute approximate surface area is 133 Å². The number of hydrogen-bond donors (Lipinski definition) is 1. The van der Waals surface area contributed by atoms with E-state index in [4.69, 9.17) is 4.74 Å². The monoisotopic (exact) mass is 357 g/mol. The summed E-state index contributed by atoms with van der Waals surface area (Å²) in [6.45, 7) is 0. The van der Waals surface area contributed by atoms with Gasteiger partial charge >= 0.3 is 0 Å². The zero-order valence-electron chi connectivity index (χ0n) is 11.7. The van der Waals surface area contributed by atoms with Crippen molar-refractivity contribution in [3.8, 4) is 5.75 Å². The van der Waals surface area contributed by atoms with Crippen molar-refractivity contribution in [2.24, 2.45) is 0 Å². The van der Waals surface area contributed by atoms with Crippen molar-refractivity contribution in [3.05, 3.63) is 28.2 Å². The Hall–Kier alpha value is -0.680. The predicted octanol–water partition coefficient (Wildman–Crippen LogP) is 3.75. The van der Waals surface area contributed by atoms with Crippen LogP contribution in [0.5, 0.6) is 5.75 Å². The molecule has 0 aromatic heterocycles. The van der Waals surface area contributed by atoms with E-state index in [1.165, 1.54) is 18.4 Å². The van der Waals surface area contributed by atoms with Gasteiger partial charge in [-0.3, -0.25) is 4.79 Å². The molecular weight excluding hydrogens is 338 g/mol. The summed E-state index contributed by atoms with van der Waals surface area (Å²) in [5.74, 6) is 2.35. The number of methoxy groups -OCH3 is 1. The van der Waals surface area contributed by atoms with Gasteiger partial charge in [-0.05, 0) is 46.5 Å². The van der Waals surface area contributed by atoms with Gasteiger partial charge in [0.2, 0.25) is 5.91 Å². The topological polar surface area (TPSA) is 38.3 Å². The molecule has 20 heavy (non-hydrogen) atoms. The Kier molecular flexibility index (Phi) is 6.23. The molecule has 2 rings (SSSR count). The van der Waals surface area contributed by atoms with Gasteiger partial charge in [0.15, 0.2) is 0 Å². The number of nitrogens with one attached hydrogen (secondary N) is 1. The van der Waals surface area contributed by atoms with E-state index >= 15 is 0 Å². The fraction of sp³-hybridized carbons (Fsp3) is 0.533. The van der Waals surface area contributed by atoms with Gasteiger partial charge in [0.25, 0.3) is 0 Å². The number of carbonyl (C=O) groups is 1. The van der Waals surface area contributed by atoms with Gasteiger partial charge in [0.05, 0.1) is 17.3 Å². The molecule has 0 aliphatic heterocycles. The van der Waals surface area contributed by atoms with E-state index in [2.05, 4.69) is 21.2 Å². The van der Waals surface area contributed by atoms with E-state index in [0.29, 0.717) is 11.8 Å². The summed E-state index contributed by atoms with van der Waals surface area (Å²) in [4.78, 5) is 11.8. The minimum absolute atomic E-state index is 0.162. The zero-order valence-corrected chi connectivity index (χ0v) is 14.1. The Morgan fingerprint density at radius 3 is 2.85 bits per heavy atom. The average molecular weight is 358 g/mol. The molecule has 3 nitrogen and oxygen atoms in total. The lowest BCUT2D eigenvalue weighted by atomic mass is 10.2. The third kappa shape index (κ3) is 4.70. The first-order valence-corrected chi connectivity index (χ1v) is 8.83. The van der Waals surface area contributed by atoms with Gasteiger partial charge in [-0.2, -0.15) is 0 Å². The molecule has 1 aromatic rings. The van der Waals surface area contributed by atoms with Crippen molar-refractivity contribution >= 4 is 33.6 Å². The molecule has 1 aromatic carbocycles. The summed E-state index contributed by atoms with van der Waals surface area (Å²) in [6.07, 6.45) is 4.78. The molecule has 1 N–H and O–H groups in total. The lowest BCUT2D eigenvalue weighted by Gasteiger charge is -2.11. The fourth-order valence-corrected chi connectivity index (χ4v) is 3.77. The van der Waals surface area contributed by atoms with Crippen molar-refractivity contribution in [1.29, 1.82) is 0 Å². The highest BCUT2D eigenvalue weighted by atomic mass is 79.9. The third-order valence-corrected chi connectivity index (χ3v) is 5.06. The molecule has 1 aliphatic carbocycles. The van der Waals surface area contributed by atoms with E-state index in [-0.39, 0.29) is 5.91 Å². The van der Waals surface area contributed by atoms with E-state index in [0.717, 1.165) is 28.8 Å². The van der Waals surface area contributed by atoms with Crippen molar-refractivity contribution in [1.82, 2.24) is 5.32 Å². The van der Waals surface area contributed by atoms with Gasteiger partial charge in [-0.25, -0.2) is 0 Å². The van der Waals surface area contributed by atoms with E-state index < -0.39 is 0 Å². The Balaban J connectivity index is 1.72. The Morgan fingerprint density at radius 1 is 1.45 bits per heavy atom. The van der Waals surface area contributed by atoms with Crippen LogP contribution in [0.3, 0.4) is 0 Å². The van der Waals surface area contributed by atoms with Crippen LogP contribution >= 0.6 is 27.7 Å². The summed E-state index contributed by atoms with van der Waals surface area (Å²) in [6, 6.07) is 6.43. The predicted molar refractivity (Wildman–Crippen MR) is 87.3 cm³/mol. The van der Waals surface area contributed by atoms with Crippen LogP contribution in [0.4, 0.5) is 0 Å². The molecule has 5 heteroatoms. The Morgan fingerprint density at radius 2 is 2.20 bits per heavy atom. The lowest BCUT2D eigenvalue weighted by molar-refractivity contribution is -0.119. The van der Waals surface area contributed by atoms with Gasteiger partial charge in [-0.1, -0.05) is 18.9 Å². The number of hydrogen-bond acceptors (Lipinski definition) is 3. The fourth-order valence-electron chi connectivity index (χ4n) is 2.40. The molecule has 1 aliphatic rings. The molecule has 1 fully saturated rings.